The van der Waals surface area contributed by atoms with Crippen LogP contribution < -0.4 is 0 Å². The van der Waals surface area contributed by atoms with E-state index in [0.717, 1.165) is 24.7 Å². The summed E-state index contributed by atoms with van der Waals surface area (Å²) in [5.74, 6) is 0.438. The van der Waals surface area contributed by atoms with Crippen LogP contribution in [0.2, 0.25) is 0 Å². The molecule has 0 bridgehead atoms. The van der Waals surface area contributed by atoms with Gasteiger partial charge in [-0.15, -0.1) is 0 Å². The van der Waals surface area contributed by atoms with E-state index < -0.39 is 5.97 Å². The van der Waals surface area contributed by atoms with Crippen LogP contribution in [0.1, 0.15) is 12.8 Å². The summed E-state index contributed by atoms with van der Waals surface area (Å²) in [6.07, 6.45) is 9.23. The molecule has 0 aromatic carbocycles. The fraction of sp³-hybridized carbons (Fsp3) is 0.364. The largest absolute Gasteiger partial charge is 0.490 e. The molecule has 0 atom stereocenters. The molecule has 0 heterocycles. The van der Waals surface area contributed by atoms with Crippen molar-refractivity contribution in [2.24, 2.45) is 0 Å². The first-order chi connectivity index (χ1) is 6.83. The smallest absolute Gasteiger partial charge is 0.330 e. The zero-order valence-corrected chi connectivity index (χ0v) is 8.07. The molecule has 0 saturated carbocycles. The number of ether oxygens (including phenoxy) is 2. The van der Waals surface area contributed by atoms with Crippen molar-refractivity contribution in [3.05, 3.63) is 36.6 Å². The Balaban J connectivity index is 2.09. The summed E-state index contributed by atoms with van der Waals surface area (Å²) >= 11 is 0. The number of hydrogen-bond donors (Lipinski definition) is 0. The molecular formula is C11H14O3. The van der Waals surface area contributed by atoms with Gasteiger partial charge in [-0.2, -0.15) is 0 Å². The van der Waals surface area contributed by atoms with E-state index in [9.17, 15) is 4.79 Å². The minimum Gasteiger partial charge on any atom is -0.490 e. The average Bonchev–Trinajstić information content (AvgIpc) is 2.25. The van der Waals surface area contributed by atoms with Crippen LogP contribution in [0.25, 0.3) is 0 Å². The second-order valence-electron chi connectivity index (χ2n) is 2.81. The van der Waals surface area contributed by atoms with E-state index in [2.05, 4.69) is 12.7 Å². The van der Waals surface area contributed by atoms with Crippen molar-refractivity contribution in [3.8, 4) is 0 Å². The van der Waals surface area contributed by atoms with Gasteiger partial charge in [0.25, 0.3) is 0 Å². The van der Waals surface area contributed by atoms with E-state index in [0.29, 0.717) is 6.61 Å². The van der Waals surface area contributed by atoms with Crippen molar-refractivity contribution in [1.82, 2.24) is 0 Å². The number of hydrogen-bond acceptors (Lipinski definition) is 3. The van der Waals surface area contributed by atoms with Crippen molar-refractivity contribution in [2.45, 2.75) is 12.8 Å². The fourth-order valence-corrected chi connectivity index (χ4v) is 1.06. The lowest BCUT2D eigenvalue weighted by Gasteiger charge is -2.09. The highest BCUT2D eigenvalue weighted by Gasteiger charge is 1.99. The van der Waals surface area contributed by atoms with Crippen molar-refractivity contribution in [2.75, 3.05) is 13.2 Å². The van der Waals surface area contributed by atoms with Crippen LogP contribution in [0, 0.1) is 0 Å². The first kappa shape index (κ1) is 10.6. The summed E-state index contributed by atoms with van der Waals surface area (Å²) in [7, 11) is 0. The van der Waals surface area contributed by atoms with Crippen LogP contribution in [0.4, 0.5) is 0 Å². The maximum absolute atomic E-state index is 10.6. The van der Waals surface area contributed by atoms with Gasteiger partial charge < -0.3 is 9.47 Å². The summed E-state index contributed by atoms with van der Waals surface area (Å²) in [4.78, 5) is 10.6. The van der Waals surface area contributed by atoms with Gasteiger partial charge in [0.2, 0.25) is 0 Å². The van der Waals surface area contributed by atoms with Gasteiger partial charge >= 0.3 is 5.97 Å². The molecule has 0 amide bonds. The highest BCUT2D eigenvalue weighted by atomic mass is 16.6. The van der Waals surface area contributed by atoms with E-state index in [1.165, 1.54) is 0 Å². The Morgan fingerprint density at radius 3 is 3.00 bits per heavy atom. The summed E-state index contributed by atoms with van der Waals surface area (Å²) in [6.45, 7) is 3.94. The normalized spacial score (nSPS) is 14.4. The third-order valence-electron chi connectivity index (χ3n) is 1.72. The van der Waals surface area contributed by atoms with Gasteiger partial charge in [0, 0.05) is 6.08 Å². The quantitative estimate of drug-likeness (QED) is 0.381. The number of carbonyl (C=O) groups is 1. The van der Waals surface area contributed by atoms with E-state index in [1.807, 2.05) is 12.2 Å². The molecule has 14 heavy (non-hydrogen) atoms. The maximum atomic E-state index is 10.6. The zero-order chi connectivity index (χ0) is 10.2. The second kappa shape index (κ2) is 6.02. The van der Waals surface area contributed by atoms with Crippen molar-refractivity contribution in [1.29, 1.82) is 0 Å². The van der Waals surface area contributed by atoms with Gasteiger partial charge in [0.05, 0.1) is 0 Å². The Morgan fingerprint density at radius 1 is 1.50 bits per heavy atom. The highest BCUT2D eigenvalue weighted by Crippen LogP contribution is 2.10. The summed E-state index contributed by atoms with van der Waals surface area (Å²) < 4.78 is 10.1. The molecule has 1 aliphatic carbocycles. The average molecular weight is 194 g/mol. The molecule has 1 aliphatic rings. The Kier molecular flexibility index (Phi) is 4.55. The molecular weight excluding hydrogens is 180 g/mol. The molecule has 76 valence electrons. The molecule has 0 spiro atoms. The molecule has 0 aliphatic heterocycles. The number of carbonyl (C=O) groups excluding carboxylic acids is 1. The lowest BCUT2D eigenvalue weighted by Crippen LogP contribution is -2.08. The predicted octanol–water partition coefficient (Wildman–Crippen LogP) is 1.97. The molecule has 0 aromatic rings. The molecule has 0 aromatic heterocycles. The van der Waals surface area contributed by atoms with Gasteiger partial charge in [0.1, 0.15) is 19.0 Å². The Hall–Kier alpha value is -1.51. The topological polar surface area (TPSA) is 35.5 Å². The predicted molar refractivity (Wildman–Crippen MR) is 53.6 cm³/mol. The molecule has 0 fully saturated rings. The van der Waals surface area contributed by atoms with Gasteiger partial charge in [-0.05, 0) is 25.0 Å². The molecule has 0 radical (unpaired) electrons. The number of allylic oxidation sites excluding steroid dienone is 3. The SMILES string of the molecule is C=CC(=O)OCCOC1=CCCC=C1. The highest BCUT2D eigenvalue weighted by molar-refractivity contribution is 5.81. The van der Waals surface area contributed by atoms with E-state index >= 15 is 0 Å². The maximum Gasteiger partial charge on any atom is 0.330 e. The molecule has 1 rings (SSSR count). The standard InChI is InChI=1S/C11H14O3/c1-2-11(12)14-9-8-13-10-6-4-3-5-7-10/h2,4,6-7H,1,3,5,8-9H2. The zero-order valence-electron chi connectivity index (χ0n) is 8.07. The third kappa shape index (κ3) is 3.94. The van der Waals surface area contributed by atoms with Gasteiger partial charge in [0.15, 0.2) is 0 Å². The third-order valence-corrected chi connectivity index (χ3v) is 1.72. The van der Waals surface area contributed by atoms with Crippen LogP contribution in [0.3, 0.4) is 0 Å². The van der Waals surface area contributed by atoms with Crippen LogP contribution in [0.5, 0.6) is 0 Å². The monoisotopic (exact) mass is 194 g/mol. The van der Waals surface area contributed by atoms with Gasteiger partial charge in [-0.25, -0.2) is 4.79 Å². The van der Waals surface area contributed by atoms with E-state index in [-0.39, 0.29) is 6.61 Å². The van der Waals surface area contributed by atoms with Gasteiger partial charge in [-0.1, -0.05) is 12.7 Å². The number of esters is 1. The first-order valence-corrected chi connectivity index (χ1v) is 4.61. The molecule has 0 unspecified atom stereocenters. The van der Waals surface area contributed by atoms with Crippen LogP contribution in [-0.4, -0.2) is 19.2 Å². The minimum atomic E-state index is -0.415. The summed E-state index contributed by atoms with van der Waals surface area (Å²) in [6, 6.07) is 0. The lowest BCUT2D eigenvalue weighted by molar-refractivity contribution is -0.138. The van der Waals surface area contributed by atoms with Gasteiger partial charge in [-0.3, -0.25) is 0 Å². The Bertz CT molecular complexity index is 264. The Morgan fingerprint density at radius 2 is 2.36 bits per heavy atom. The molecule has 3 nitrogen and oxygen atoms in total. The molecule has 0 saturated heterocycles. The second-order valence-corrected chi connectivity index (χ2v) is 2.81. The summed E-state index contributed by atoms with van der Waals surface area (Å²) in [5.41, 5.74) is 0. The fourth-order valence-electron chi connectivity index (χ4n) is 1.06. The molecule has 0 N–H and O–H groups in total. The van der Waals surface area contributed by atoms with Crippen molar-refractivity contribution >= 4 is 5.97 Å². The Labute approximate surface area is 83.7 Å². The lowest BCUT2D eigenvalue weighted by atomic mass is 10.2. The first-order valence-electron chi connectivity index (χ1n) is 4.61. The number of rotatable bonds is 5. The van der Waals surface area contributed by atoms with Crippen LogP contribution in [0.15, 0.2) is 36.6 Å². The van der Waals surface area contributed by atoms with Crippen LogP contribution in [-0.2, 0) is 14.3 Å². The minimum absolute atomic E-state index is 0.260. The van der Waals surface area contributed by atoms with E-state index in [1.54, 1.807) is 0 Å². The van der Waals surface area contributed by atoms with Crippen molar-refractivity contribution in [3.63, 3.8) is 0 Å². The summed E-state index contributed by atoms with van der Waals surface area (Å²) in [5, 5.41) is 0. The van der Waals surface area contributed by atoms with Crippen LogP contribution >= 0.6 is 0 Å². The molecule has 3 heteroatoms. The van der Waals surface area contributed by atoms with E-state index in [4.69, 9.17) is 9.47 Å². The van der Waals surface area contributed by atoms with Crippen molar-refractivity contribution < 1.29 is 14.3 Å².